The zero-order chi connectivity index (χ0) is 12.3. The molecule has 1 atom stereocenters. The summed E-state index contributed by atoms with van der Waals surface area (Å²) in [5.41, 5.74) is 2.31. The molecule has 1 aromatic carbocycles. The standard InChI is InChI=1S/C13H17BrO3/c1-16-4-3-12(15)8-10-7-11(14)6-9-2-5-17-13(9)10/h6-7,12,15H,2-5,8H2,1H3. The third kappa shape index (κ3) is 3.21. The summed E-state index contributed by atoms with van der Waals surface area (Å²) in [5, 5.41) is 9.91. The smallest absolute Gasteiger partial charge is 0.125 e. The van der Waals surface area contributed by atoms with E-state index in [0.29, 0.717) is 19.4 Å². The fraction of sp³-hybridized carbons (Fsp3) is 0.538. The van der Waals surface area contributed by atoms with Gasteiger partial charge in [0.05, 0.1) is 12.7 Å². The molecule has 17 heavy (non-hydrogen) atoms. The minimum Gasteiger partial charge on any atom is -0.493 e. The molecule has 94 valence electrons. The minimum atomic E-state index is -0.377. The highest BCUT2D eigenvalue weighted by Crippen LogP contribution is 2.33. The lowest BCUT2D eigenvalue weighted by molar-refractivity contribution is 0.109. The van der Waals surface area contributed by atoms with Gasteiger partial charge in [-0.2, -0.15) is 0 Å². The Hall–Kier alpha value is -0.580. The second-order valence-electron chi connectivity index (χ2n) is 4.29. The van der Waals surface area contributed by atoms with Crippen LogP contribution in [0.2, 0.25) is 0 Å². The lowest BCUT2D eigenvalue weighted by atomic mass is 10.0. The fourth-order valence-electron chi connectivity index (χ4n) is 2.11. The fourth-order valence-corrected chi connectivity index (χ4v) is 2.66. The first-order valence-corrected chi connectivity index (χ1v) is 6.61. The molecule has 1 aromatic rings. The van der Waals surface area contributed by atoms with Crippen LogP contribution >= 0.6 is 15.9 Å². The summed E-state index contributed by atoms with van der Waals surface area (Å²) in [6.07, 6.45) is 1.84. The SMILES string of the molecule is COCCC(O)Cc1cc(Br)cc2c1OCC2. The van der Waals surface area contributed by atoms with Gasteiger partial charge in [-0.05, 0) is 29.7 Å². The van der Waals surface area contributed by atoms with Crippen LogP contribution in [0, 0.1) is 0 Å². The van der Waals surface area contributed by atoms with Crippen molar-refractivity contribution in [2.75, 3.05) is 20.3 Å². The number of benzene rings is 1. The van der Waals surface area contributed by atoms with Gasteiger partial charge >= 0.3 is 0 Å². The number of hydrogen-bond donors (Lipinski definition) is 1. The largest absolute Gasteiger partial charge is 0.493 e. The van der Waals surface area contributed by atoms with E-state index in [4.69, 9.17) is 9.47 Å². The molecule has 0 amide bonds. The first kappa shape index (κ1) is 12.9. The van der Waals surface area contributed by atoms with Gasteiger partial charge in [0.25, 0.3) is 0 Å². The van der Waals surface area contributed by atoms with Crippen LogP contribution in [0.1, 0.15) is 17.5 Å². The zero-order valence-electron chi connectivity index (χ0n) is 9.91. The van der Waals surface area contributed by atoms with Crippen molar-refractivity contribution in [3.05, 3.63) is 27.7 Å². The maximum absolute atomic E-state index is 9.91. The number of methoxy groups -OCH3 is 1. The third-order valence-electron chi connectivity index (χ3n) is 2.94. The van der Waals surface area contributed by atoms with Gasteiger partial charge in [-0.15, -0.1) is 0 Å². The highest BCUT2D eigenvalue weighted by Gasteiger charge is 2.19. The molecule has 1 aliphatic rings. The van der Waals surface area contributed by atoms with E-state index in [9.17, 15) is 5.11 Å². The molecule has 1 unspecified atom stereocenters. The van der Waals surface area contributed by atoms with Gasteiger partial charge in [0.1, 0.15) is 5.75 Å². The van der Waals surface area contributed by atoms with Crippen LogP contribution in [0.5, 0.6) is 5.75 Å². The average Bonchev–Trinajstić information content (AvgIpc) is 2.74. The van der Waals surface area contributed by atoms with Crippen LogP contribution < -0.4 is 4.74 Å². The second kappa shape index (κ2) is 5.85. The molecular formula is C13H17BrO3. The van der Waals surface area contributed by atoms with Crippen LogP contribution in [0.4, 0.5) is 0 Å². The summed E-state index contributed by atoms with van der Waals surface area (Å²) in [7, 11) is 1.65. The van der Waals surface area contributed by atoms with Crippen molar-refractivity contribution in [1.82, 2.24) is 0 Å². The Balaban J connectivity index is 2.10. The van der Waals surface area contributed by atoms with Gasteiger partial charge in [0.15, 0.2) is 0 Å². The zero-order valence-corrected chi connectivity index (χ0v) is 11.5. The third-order valence-corrected chi connectivity index (χ3v) is 3.39. The van der Waals surface area contributed by atoms with E-state index < -0.39 is 0 Å². The van der Waals surface area contributed by atoms with Gasteiger partial charge < -0.3 is 14.6 Å². The molecule has 4 heteroatoms. The van der Waals surface area contributed by atoms with Gasteiger partial charge in [-0.25, -0.2) is 0 Å². The second-order valence-corrected chi connectivity index (χ2v) is 5.21. The summed E-state index contributed by atoms with van der Waals surface area (Å²) < 4.78 is 11.6. The van der Waals surface area contributed by atoms with Crippen LogP contribution in [-0.2, 0) is 17.6 Å². The predicted octanol–water partition coefficient (Wildman–Crippen LogP) is 2.32. The van der Waals surface area contributed by atoms with E-state index in [-0.39, 0.29) is 6.10 Å². The minimum absolute atomic E-state index is 0.377. The molecule has 2 rings (SSSR count). The number of aliphatic hydroxyl groups is 1. The van der Waals surface area contributed by atoms with E-state index in [1.807, 2.05) is 6.07 Å². The molecule has 1 N–H and O–H groups in total. The molecule has 1 heterocycles. The summed E-state index contributed by atoms with van der Waals surface area (Å²) in [6, 6.07) is 4.12. The molecule has 0 aliphatic carbocycles. The highest BCUT2D eigenvalue weighted by molar-refractivity contribution is 9.10. The first-order valence-electron chi connectivity index (χ1n) is 5.82. The Kier molecular flexibility index (Phi) is 4.42. The number of halogens is 1. The maximum Gasteiger partial charge on any atom is 0.125 e. The van der Waals surface area contributed by atoms with E-state index in [0.717, 1.165) is 28.8 Å². The lowest BCUT2D eigenvalue weighted by Crippen LogP contribution is -2.13. The van der Waals surface area contributed by atoms with E-state index >= 15 is 0 Å². The lowest BCUT2D eigenvalue weighted by Gasteiger charge is -2.13. The number of ether oxygens (including phenoxy) is 2. The number of rotatable bonds is 5. The average molecular weight is 301 g/mol. The van der Waals surface area contributed by atoms with Gasteiger partial charge in [0.2, 0.25) is 0 Å². The molecular weight excluding hydrogens is 284 g/mol. The van der Waals surface area contributed by atoms with Crippen LogP contribution in [0.25, 0.3) is 0 Å². The van der Waals surface area contributed by atoms with Crippen LogP contribution in [0.15, 0.2) is 16.6 Å². The Morgan fingerprint density at radius 2 is 2.35 bits per heavy atom. The number of hydrogen-bond acceptors (Lipinski definition) is 3. The first-order chi connectivity index (χ1) is 8.20. The van der Waals surface area contributed by atoms with Crippen molar-refractivity contribution in [2.45, 2.75) is 25.4 Å². The van der Waals surface area contributed by atoms with Crippen molar-refractivity contribution in [3.63, 3.8) is 0 Å². The summed E-state index contributed by atoms with van der Waals surface area (Å²) in [4.78, 5) is 0. The van der Waals surface area contributed by atoms with Crippen molar-refractivity contribution in [1.29, 1.82) is 0 Å². The number of fused-ring (bicyclic) bond motifs is 1. The normalized spacial score (nSPS) is 15.5. The topological polar surface area (TPSA) is 38.7 Å². The van der Waals surface area contributed by atoms with Crippen molar-refractivity contribution >= 4 is 15.9 Å². The van der Waals surface area contributed by atoms with E-state index in [1.54, 1.807) is 7.11 Å². The molecule has 0 radical (unpaired) electrons. The van der Waals surface area contributed by atoms with Gasteiger partial charge in [-0.1, -0.05) is 15.9 Å². The van der Waals surface area contributed by atoms with Crippen LogP contribution in [0.3, 0.4) is 0 Å². The predicted molar refractivity (Wildman–Crippen MR) is 69.5 cm³/mol. The molecule has 0 saturated heterocycles. The monoisotopic (exact) mass is 300 g/mol. The molecule has 0 aromatic heterocycles. The Bertz CT molecular complexity index is 392. The summed E-state index contributed by atoms with van der Waals surface area (Å²) in [5.74, 6) is 0.963. The van der Waals surface area contributed by atoms with Crippen molar-refractivity contribution < 1.29 is 14.6 Å². The number of aliphatic hydroxyl groups excluding tert-OH is 1. The van der Waals surface area contributed by atoms with Crippen LogP contribution in [-0.4, -0.2) is 31.5 Å². The maximum atomic E-state index is 9.91. The summed E-state index contributed by atoms with van der Waals surface area (Å²) >= 11 is 3.50. The van der Waals surface area contributed by atoms with Gasteiger partial charge in [0, 0.05) is 31.0 Å². The Labute approximate surface area is 110 Å². The molecule has 0 spiro atoms. The Morgan fingerprint density at radius 1 is 1.53 bits per heavy atom. The van der Waals surface area contributed by atoms with Crippen molar-refractivity contribution in [2.24, 2.45) is 0 Å². The molecule has 3 nitrogen and oxygen atoms in total. The molecule has 0 bridgehead atoms. The van der Waals surface area contributed by atoms with E-state index in [2.05, 4.69) is 22.0 Å². The highest BCUT2D eigenvalue weighted by atomic mass is 79.9. The Morgan fingerprint density at radius 3 is 3.12 bits per heavy atom. The quantitative estimate of drug-likeness (QED) is 0.907. The summed E-state index contributed by atoms with van der Waals surface area (Å²) in [6.45, 7) is 1.32. The molecule has 0 saturated carbocycles. The molecule has 0 fully saturated rings. The van der Waals surface area contributed by atoms with Gasteiger partial charge in [-0.3, -0.25) is 0 Å². The molecule has 1 aliphatic heterocycles. The van der Waals surface area contributed by atoms with E-state index in [1.165, 1.54) is 5.56 Å². The van der Waals surface area contributed by atoms with Crippen molar-refractivity contribution in [3.8, 4) is 5.75 Å².